The van der Waals surface area contributed by atoms with Gasteiger partial charge in [0.1, 0.15) is 0 Å². The quantitative estimate of drug-likeness (QED) is 0.835. The molecule has 0 aromatic rings. The van der Waals surface area contributed by atoms with Crippen molar-refractivity contribution < 1.29 is 0 Å². The molecule has 2 rings (SSSR count). The summed E-state index contributed by atoms with van der Waals surface area (Å²) < 4.78 is 0. The zero-order valence-electron chi connectivity index (χ0n) is 13.5. The highest BCUT2D eigenvalue weighted by Gasteiger charge is 2.31. The van der Waals surface area contributed by atoms with Gasteiger partial charge in [-0.05, 0) is 44.9 Å². The van der Waals surface area contributed by atoms with Crippen LogP contribution in [0.4, 0.5) is 0 Å². The lowest BCUT2D eigenvalue weighted by molar-refractivity contribution is 0.0839. The fraction of sp³-hybridized carbons (Fsp3) is 1.00. The summed E-state index contributed by atoms with van der Waals surface area (Å²) in [7, 11) is 0. The number of piperidine rings is 1. The fourth-order valence-electron chi connectivity index (χ4n) is 3.80. The van der Waals surface area contributed by atoms with Crippen LogP contribution in [-0.4, -0.2) is 36.1 Å². The molecule has 1 N–H and O–H groups in total. The Morgan fingerprint density at radius 1 is 0.895 bits per heavy atom. The third-order valence-corrected chi connectivity index (χ3v) is 5.26. The van der Waals surface area contributed by atoms with Crippen LogP contribution in [0.1, 0.15) is 66.2 Å². The van der Waals surface area contributed by atoms with Crippen molar-refractivity contribution in [3.05, 3.63) is 0 Å². The van der Waals surface area contributed by atoms with E-state index in [-0.39, 0.29) is 0 Å². The molecule has 112 valence electrons. The first-order valence-corrected chi connectivity index (χ1v) is 8.56. The first-order valence-electron chi connectivity index (χ1n) is 8.56. The summed E-state index contributed by atoms with van der Waals surface area (Å²) in [5.41, 5.74) is 0. The minimum absolute atomic E-state index is 0.692. The van der Waals surface area contributed by atoms with Crippen LogP contribution in [-0.2, 0) is 0 Å². The maximum atomic E-state index is 3.99. The van der Waals surface area contributed by atoms with Crippen LogP contribution in [0.3, 0.4) is 0 Å². The number of hydrogen-bond acceptors (Lipinski definition) is 2. The van der Waals surface area contributed by atoms with Gasteiger partial charge in [0.2, 0.25) is 0 Å². The maximum Gasteiger partial charge on any atom is 0.0200 e. The second-order valence-electron chi connectivity index (χ2n) is 7.49. The van der Waals surface area contributed by atoms with Gasteiger partial charge in [0.05, 0.1) is 0 Å². The van der Waals surface area contributed by atoms with Gasteiger partial charge in [-0.25, -0.2) is 0 Å². The summed E-state index contributed by atoms with van der Waals surface area (Å²) in [6.45, 7) is 12.1. The molecule has 0 amide bonds. The second-order valence-corrected chi connectivity index (χ2v) is 7.49. The molecule has 0 aromatic carbocycles. The van der Waals surface area contributed by atoms with E-state index < -0.39 is 0 Å². The van der Waals surface area contributed by atoms with Crippen LogP contribution in [0.5, 0.6) is 0 Å². The average molecular weight is 266 g/mol. The normalized spacial score (nSPS) is 31.3. The molecule has 2 nitrogen and oxygen atoms in total. The van der Waals surface area contributed by atoms with Gasteiger partial charge in [0.25, 0.3) is 0 Å². The summed E-state index contributed by atoms with van der Waals surface area (Å²) in [6, 6.07) is 2.22. The van der Waals surface area contributed by atoms with Crippen LogP contribution in [0, 0.1) is 11.8 Å². The number of nitrogens with zero attached hydrogens (tertiary/aromatic N) is 1. The Bertz CT molecular complexity index is 240. The van der Waals surface area contributed by atoms with Crippen LogP contribution >= 0.6 is 0 Å². The van der Waals surface area contributed by atoms with Crippen molar-refractivity contribution in [3.8, 4) is 0 Å². The van der Waals surface area contributed by atoms with E-state index in [9.17, 15) is 0 Å². The van der Waals surface area contributed by atoms with E-state index in [4.69, 9.17) is 0 Å². The summed E-state index contributed by atoms with van der Waals surface area (Å²) in [5.74, 6) is 1.69. The van der Waals surface area contributed by atoms with E-state index >= 15 is 0 Å². The Morgan fingerprint density at radius 3 is 2.16 bits per heavy atom. The Balaban J connectivity index is 1.90. The lowest BCUT2D eigenvalue weighted by atomic mass is 9.84. The van der Waals surface area contributed by atoms with Gasteiger partial charge in [0, 0.05) is 31.2 Å². The standard InChI is InChI=1S/C17H34N2/c1-13(2)15-10-17(12-19(11-15)14(3)4)18-16-8-6-5-7-9-16/h13-18H,5-12H2,1-4H3. The smallest absolute Gasteiger partial charge is 0.0200 e. The van der Waals surface area contributed by atoms with Crippen molar-refractivity contribution in [1.29, 1.82) is 0 Å². The Hall–Kier alpha value is -0.0800. The number of likely N-dealkylation sites (tertiary alicyclic amines) is 1. The monoisotopic (exact) mass is 266 g/mol. The van der Waals surface area contributed by atoms with Crippen LogP contribution in [0.2, 0.25) is 0 Å². The van der Waals surface area contributed by atoms with Gasteiger partial charge in [-0.1, -0.05) is 33.1 Å². The molecule has 2 aliphatic rings. The predicted molar refractivity (Wildman–Crippen MR) is 83.5 cm³/mol. The van der Waals surface area contributed by atoms with Crippen LogP contribution < -0.4 is 5.32 Å². The lowest BCUT2D eigenvalue weighted by Crippen LogP contribution is -2.54. The molecule has 2 unspecified atom stereocenters. The number of nitrogens with one attached hydrogen (secondary N) is 1. The highest BCUT2D eigenvalue weighted by Crippen LogP contribution is 2.27. The minimum atomic E-state index is 0.692. The van der Waals surface area contributed by atoms with Crippen molar-refractivity contribution in [2.45, 2.75) is 84.3 Å². The molecule has 1 aliphatic heterocycles. The highest BCUT2D eigenvalue weighted by atomic mass is 15.2. The van der Waals surface area contributed by atoms with E-state index in [0.717, 1.165) is 23.9 Å². The zero-order chi connectivity index (χ0) is 13.8. The molecular weight excluding hydrogens is 232 g/mol. The molecule has 0 aromatic heterocycles. The molecule has 1 saturated carbocycles. The van der Waals surface area contributed by atoms with E-state index in [1.165, 1.54) is 51.6 Å². The summed E-state index contributed by atoms with van der Waals surface area (Å²) in [5, 5.41) is 3.99. The van der Waals surface area contributed by atoms with Gasteiger partial charge < -0.3 is 5.32 Å². The Kier molecular flexibility index (Phi) is 5.70. The second kappa shape index (κ2) is 7.08. The van der Waals surface area contributed by atoms with Gasteiger partial charge in [-0.3, -0.25) is 4.90 Å². The summed E-state index contributed by atoms with van der Waals surface area (Å²) in [4.78, 5) is 2.69. The molecule has 0 bridgehead atoms. The van der Waals surface area contributed by atoms with Gasteiger partial charge >= 0.3 is 0 Å². The summed E-state index contributed by atoms with van der Waals surface area (Å²) >= 11 is 0. The topological polar surface area (TPSA) is 15.3 Å². The first-order chi connectivity index (χ1) is 9.06. The lowest BCUT2D eigenvalue weighted by Gasteiger charge is -2.43. The number of rotatable bonds is 4. The molecule has 19 heavy (non-hydrogen) atoms. The maximum absolute atomic E-state index is 3.99. The van der Waals surface area contributed by atoms with Gasteiger partial charge in [0.15, 0.2) is 0 Å². The zero-order valence-corrected chi connectivity index (χ0v) is 13.5. The van der Waals surface area contributed by atoms with E-state index in [1.54, 1.807) is 0 Å². The molecule has 2 atom stereocenters. The Labute approximate surface area is 120 Å². The van der Waals surface area contributed by atoms with Gasteiger partial charge in [-0.2, -0.15) is 0 Å². The predicted octanol–water partition coefficient (Wildman–Crippen LogP) is 3.66. The van der Waals surface area contributed by atoms with E-state index in [1.807, 2.05) is 0 Å². The molecule has 0 spiro atoms. The molecule has 0 radical (unpaired) electrons. The highest BCUT2D eigenvalue weighted by molar-refractivity contribution is 4.88. The third kappa shape index (κ3) is 4.46. The third-order valence-electron chi connectivity index (χ3n) is 5.26. The minimum Gasteiger partial charge on any atom is -0.310 e. The van der Waals surface area contributed by atoms with E-state index in [0.29, 0.717) is 6.04 Å². The van der Waals surface area contributed by atoms with Crippen molar-refractivity contribution in [3.63, 3.8) is 0 Å². The number of hydrogen-bond donors (Lipinski definition) is 1. The fourth-order valence-corrected chi connectivity index (χ4v) is 3.80. The largest absolute Gasteiger partial charge is 0.310 e. The van der Waals surface area contributed by atoms with Gasteiger partial charge in [-0.15, -0.1) is 0 Å². The van der Waals surface area contributed by atoms with Crippen molar-refractivity contribution in [1.82, 2.24) is 10.2 Å². The van der Waals surface area contributed by atoms with Crippen LogP contribution in [0.25, 0.3) is 0 Å². The Morgan fingerprint density at radius 2 is 1.58 bits per heavy atom. The molecule has 1 saturated heterocycles. The SMILES string of the molecule is CC(C)C1CC(NC2CCCCC2)CN(C(C)C)C1. The molecule has 2 fully saturated rings. The molecule has 2 heteroatoms. The first kappa shape index (κ1) is 15.3. The molecule has 1 heterocycles. The van der Waals surface area contributed by atoms with Crippen molar-refractivity contribution >= 4 is 0 Å². The summed E-state index contributed by atoms with van der Waals surface area (Å²) in [6.07, 6.45) is 8.53. The van der Waals surface area contributed by atoms with Crippen LogP contribution in [0.15, 0.2) is 0 Å². The molecule has 1 aliphatic carbocycles. The van der Waals surface area contributed by atoms with Crippen molar-refractivity contribution in [2.75, 3.05) is 13.1 Å². The average Bonchev–Trinajstić information content (AvgIpc) is 2.39. The van der Waals surface area contributed by atoms with E-state index in [2.05, 4.69) is 37.9 Å². The molecular formula is C17H34N2. The van der Waals surface area contributed by atoms with Crippen molar-refractivity contribution in [2.24, 2.45) is 11.8 Å².